The average molecular weight is 404 g/mol. The van der Waals surface area contributed by atoms with Crippen molar-refractivity contribution in [2.75, 3.05) is 13.1 Å². The number of aromatic nitrogens is 2. The maximum absolute atomic E-state index is 12.6. The van der Waals surface area contributed by atoms with Gasteiger partial charge in [-0.2, -0.15) is 0 Å². The van der Waals surface area contributed by atoms with Gasteiger partial charge in [0.1, 0.15) is 5.82 Å². The standard InChI is InChI=1S/C26H33N3O/c1-6-7-12-28-15-21(14-25(28)30)26-27-23-10-8-9-11-24(23)29(26)16-22-19(4)17(2)13-18(3)20(22)5/h8-11,13,21H,6-7,12,14-16H2,1-5H3/t21-/m1/s1. The fourth-order valence-electron chi connectivity index (χ4n) is 4.78. The van der Waals surface area contributed by atoms with Crippen LogP contribution < -0.4 is 0 Å². The topological polar surface area (TPSA) is 38.1 Å². The highest BCUT2D eigenvalue weighted by molar-refractivity contribution is 5.81. The number of fused-ring (bicyclic) bond motifs is 1. The molecule has 0 unspecified atom stereocenters. The number of imidazole rings is 1. The van der Waals surface area contributed by atoms with Crippen LogP contribution in [-0.4, -0.2) is 33.4 Å². The molecule has 1 saturated heterocycles. The Bertz CT molecular complexity index is 1070. The number of hydrogen-bond donors (Lipinski definition) is 0. The molecule has 30 heavy (non-hydrogen) atoms. The first-order chi connectivity index (χ1) is 14.4. The highest BCUT2D eigenvalue weighted by atomic mass is 16.2. The van der Waals surface area contributed by atoms with Gasteiger partial charge in [0.2, 0.25) is 5.91 Å². The van der Waals surface area contributed by atoms with Crippen molar-refractivity contribution in [3.05, 3.63) is 64.0 Å². The zero-order chi connectivity index (χ0) is 21.4. The summed E-state index contributed by atoms with van der Waals surface area (Å²) in [5, 5.41) is 0. The number of rotatable bonds is 6. The number of aryl methyl sites for hydroxylation is 2. The molecular weight excluding hydrogens is 370 g/mol. The van der Waals surface area contributed by atoms with Gasteiger partial charge in [0.25, 0.3) is 0 Å². The lowest BCUT2D eigenvalue weighted by Gasteiger charge is -2.20. The van der Waals surface area contributed by atoms with Gasteiger partial charge in [-0.1, -0.05) is 31.5 Å². The Morgan fingerprint density at radius 3 is 2.47 bits per heavy atom. The summed E-state index contributed by atoms with van der Waals surface area (Å²) in [7, 11) is 0. The van der Waals surface area contributed by atoms with E-state index < -0.39 is 0 Å². The van der Waals surface area contributed by atoms with E-state index in [9.17, 15) is 4.79 Å². The summed E-state index contributed by atoms with van der Waals surface area (Å²) in [6, 6.07) is 10.7. The van der Waals surface area contributed by atoms with Gasteiger partial charge in [-0.25, -0.2) is 4.98 Å². The SMILES string of the molecule is CCCCN1C[C@H](c2nc3ccccc3n2Cc2c(C)c(C)cc(C)c2C)CC1=O. The molecule has 4 rings (SSSR count). The summed E-state index contributed by atoms with van der Waals surface area (Å²) in [6.07, 6.45) is 2.74. The average Bonchev–Trinajstić information content (AvgIpc) is 3.28. The second kappa shape index (κ2) is 8.25. The molecule has 1 fully saturated rings. The predicted molar refractivity (Wildman–Crippen MR) is 123 cm³/mol. The van der Waals surface area contributed by atoms with Crippen LogP contribution in [0, 0.1) is 27.7 Å². The number of carbonyl (C=O) groups excluding carboxylic acids is 1. The van der Waals surface area contributed by atoms with Crippen molar-refractivity contribution in [2.24, 2.45) is 0 Å². The molecule has 0 aliphatic carbocycles. The molecule has 4 nitrogen and oxygen atoms in total. The lowest BCUT2D eigenvalue weighted by molar-refractivity contribution is -0.127. The number of unbranched alkanes of at least 4 members (excludes halogenated alkanes) is 1. The quantitative estimate of drug-likeness (QED) is 0.550. The molecule has 2 heterocycles. The van der Waals surface area contributed by atoms with Crippen LogP contribution in [0.1, 0.15) is 65.7 Å². The second-order valence-electron chi connectivity index (χ2n) is 8.88. The van der Waals surface area contributed by atoms with Crippen LogP contribution in [0.5, 0.6) is 0 Å². The van der Waals surface area contributed by atoms with E-state index in [4.69, 9.17) is 4.98 Å². The zero-order valence-corrected chi connectivity index (χ0v) is 19.0. The number of para-hydroxylation sites is 2. The minimum Gasteiger partial charge on any atom is -0.342 e. The summed E-state index contributed by atoms with van der Waals surface area (Å²) >= 11 is 0. The Hall–Kier alpha value is -2.62. The van der Waals surface area contributed by atoms with Crippen molar-refractivity contribution in [3.8, 4) is 0 Å². The van der Waals surface area contributed by atoms with Crippen molar-refractivity contribution in [2.45, 2.75) is 66.3 Å². The third-order valence-corrected chi connectivity index (χ3v) is 6.88. The van der Waals surface area contributed by atoms with E-state index in [2.05, 4.69) is 63.5 Å². The van der Waals surface area contributed by atoms with Crippen molar-refractivity contribution in [3.63, 3.8) is 0 Å². The monoisotopic (exact) mass is 403 g/mol. The molecule has 1 aromatic heterocycles. The highest BCUT2D eigenvalue weighted by Crippen LogP contribution is 2.32. The Morgan fingerprint density at radius 1 is 1.07 bits per heavy atom. The molecule has 0 saturated carbocycles. The van der Waals surface area contributed by atoms with Gasteiger partial charge in [0.05, 0.1) is 11.0 Å². The van der Waals surface area contributed by atoms with Gasteiger partial charge in [-0.3, -0.25) is 4.79 Å². The summed E-state index contributed by atoms with van der Waals surface area (Å²) in [5.41, 5.74) is 8.94. The predicted octanol–water partition coefficient (Wildman–Crippen LogP) is 5.43. The second-order valence-corrected chi connectivity index (χ2v) is 8.88. The number of hydrogen-bond acceptors (Lipinski definition) is 2. The number of nitrogens with zero attached hydrogens (tertiary/aromatic N) is 3. The van der Waals surface area contributed by atoms with E-state index >= 15 is 0 Å². The fraction of sp³-hybridized carbons (Fsp3) is 0.462. The van der Waals surface area contributed by atoms with E-state index in [1.165, 1.54) is 27.8 Å². The van der Waals surface area contributed by atoms with Gasteiger partial charge < -0.3 is 9.47 Å². The van der Waals surface area contributed by atoms with Crippen LogP contribution >= 0.6 is 0 Å². The molecule has 2 aromatic carbocycles. The summed E-state index contributed by atoms with van der Waals surface area (Å²) in [5.74, 6) is 1.49. The minimum absolute atomic E-state index is 0.160. The molecule has 1 aliphatic rings. The first-order valence-corrected chi connectivity index (χ1v) is 11.2. The van der Waals surface area contributed by atoms with Crippen molar-refractivity contribution < 1.29 is 4.79 Å². The number of likely N-dealkylation sites (tertiary alicyclic amines) is 1. The van der Waals surface area contributed by atoms with Crippen LogP contribution in [0.15, 0.2) is 30.3 Å². The molecule has 4 heteroatoms. The first kappa shape index (κ1) is 20.6. The largest absolute Gasteiger partial charge is 0.342 e. The summed E-state index contributed by atoms with van der Waals surface area (Å²) in [4.78, 5) is 19.7. The smallest absolute Gasteiger partial charge is 0.223 e. The summed E-state index contributed by atoms with van der Waals surface area (Å²) < 4.78 is 2.37. The Balaban J connectivity index is 1.77. The molecule has 1 atom stereocenters. The maximum Gasteiger partial charge on any atom is 0.223 e. The van der Waals surface area contributed by atoms with Crippen LogP contribution in [0.3, 0.4) is 0 Å². The van der Waals surface area contributed by atoms with E-state index in [1.54, 1.807) is 0 Å². The van der Waals surface area contributed by atoms with Crippen LogP contribution in [0.4, 0.5) is 0 Å². The molecule has 0 N–H and O–H groups in total. The van der Waals surface area contributed by atoms with Gasteiger partial charge in [0, 0.05) is 32.0 Å². The molecule has 1 amide bonds. The zero-order valence-electron chi connectivity index (χ0n) is 19.0. The van der Waals surface area contributed by atoms with Crippen molar-refractivity contribution in [1.82, 2.24) is 14.5 Å². The van der Waals surface area contributed by atoms with Crippen LogP contribution in [0.25, 0.3) is 11.0 Å². The molecule has 0 bridgehead atoms. The molecular formula is C26H33N3O. The molecule has 0 spiro atoms. The van der Waals surface area contributed by atoms with E-state index in [-0.39, 0.29) is 11.8 Å². The minimum atomic E-state index is 0.160. The maximum atomic E-state index is 12.6. The van der Waals surface area contributed by atoms with E-state index in [1.807, 2.05) is 11.0 Å². The lowest BCUT2D eigenvalue weighted by atomic mass is 9.94. The Morgan fingerprint density at radius 2 is 1.77 bits per heavy atom. The number of benzene rings is 2. The number of amides is 1. The fourth-order valence-corrected chi connectivity index (χ4v) is 4.78. The normalized spacial score (nSPS) is 16.8. The summed E-state index contributed by atoms with van der Waals surface area (Å²) in [6.45, 7) is 13.5. The van der Waals surface area contributed by atoms with Crippen molar-refractivity contribution >= 4 is 16.9 Å². The van der Waals surface area contributed by atoms with E-state index in [0.717, 1.165) is 49.3 Å². The molecule has 0 radical (unpaired) electrons. The molecule has 158 valence electrons. The van der Waals surface area contributed by atoms with Crippen LogP contribution in [0.2, 0.25) is 0 Å². The van der Waals surface area contributed by atoms with Gasteiger partial charge in [-0.15, -0.1) is 0 Å². The van der Waals surface area contributed by atoms with Crippen LogP contribution in [-0.2, 0) is 11.3 Å². The van der Waals surface area contributed by atoms with Crippen molar-refractivity contribution in [1.29, 1.82) is 0 Å². The Labute approximate surface area is 179 Å². The molecule has 1 aliphatic heterocycles. The third kappa shape index (κ3) is 3.64. The third-order valence-electron chi connectivity index (χ3n) is 6.88. The van der Waals surface area contributed by atoms with Gasteiger partial charge in [-0.05, 0) is 74.1 Å². The van der Waals surface area contributed by atoms with Gasteiger partial charge >= 0.3 is 0 Å². The molecule has 3 aromatic rings. The van der Waals surface area contributed by atoms with Gasteiger partial charge in [0.15, 0.2) is 0 Å². The first-order valence-electron chi connectivity index (χ1n) is 11.2. The van der Waals surface area contributed by atoms with E-state index in [0.29, 0.717) is 6.42 Å². The Kier molecular flexibility index (Phi) is 5.68. The number of carbonyl (C=O) groups is 1. The highest BCUT2D eigenvalue weighted by Gasteiger charge is 2.33. The lowest BCUT2D eigenvalue weighted by Crippen LogP contribution is -2.26.